The van der Waals surface area contributed by atoms with Gasteiger partial charge in [-0.1, -0.05) is 0 Å². The molecule has 0 amide bonds. The van der Waals surface area contributed by atoms with E-state index in [2.05, 4.69) is 23.4 Å². The Hall–Kier alpha value is -2.56. The van der Waals surface area contributed by atoms with Crippen LogP contribution in [0.4, 0.5) is 5.82 Å². The molecule has 0 spiro atoms. The number of hydrogen-bond acceptors (Lipinski definition) is 4. The number of pyridine rings is 1. The molecule has 2 aromatic heterocycles. The molecule has 0 saturated carbocycles. The molecule has 0 aliphatic rings. The molecule has 5 nitrogen and oxygen atoms in total. The highest BCUT2D eigenvalue weighted by atomic mass is 16.5. The molecule has 0 atom stereocenters. The van der Waals surface area contributed by atoms with E-state index in [1.54, 1.807) is 13.3 Å². The second kappa shape index (κ2) is 5.09. The minimum Gasteiger partial charge on any atom is -0.497 e. The number of rotatable bonds is 3. The van der Waals surface area contributed by atoms with Crippen molar-refractivity contribution >= 4 is 16.9 Å². The maximum atomic E-state index is 5.79. The van der Waals surface area contributed by atoms with Crippen molar-refractivity contribution in [3.8, 4) is 17.1 Å². The van der Waals surface area contributed by atoms with Crippen LogP contribution in [0.15, 0.2) is 36.5 Å². The molecule has 3 aromatic rings. The number of ether oxygens (including phenoxy) is 1. The van der Waals surface area contributed by atoms with Crippen LogP contribution in [0.3, 0.4) is 0 Å². The summed E-state index contributed by atoms with van der Waals surface area (Å²) in [5.74, 6) is 2.19. The summed E-state index contributed by atoms with van der Waals surface area (Å²) in [5, 5.41) is 0. The Morgan fingerprint density at radius 1 is 1.19 bits per heavy atom. The minimum absolute atomic E-state index is 0.285. The monoisotopic (exact) mass is 282 g/mol. The summed E-state index contributed by atoms with van der Waals surface area (Å²) in [6.07, 6.45) is 1.70. The zero-order chi connectivity index (χ0) is 15.0. The van der Waals surface area contributed by atoms with Gasteiger partial charge in [-0.3, -0.25) is 0 Å². The number of nitrogen functional groups attached to an aromatic ring is 1. The van der Waals surface area contributed by atoms with E-state index in [0.717, 1.165) is 28.2 Å². The van der Waals surface area contributed by atoms with E-state index < -0.39 is 0 Å². The smallest absolute Gasteiger partial charge is 0.141 e. The summed E-state index contributed by atoms with van der Waals surface area (Å²) in [4.78, 5) is 8.80. The summed E-state index contributed by atoms with van der Waals surface area (Å²) in [6.45, 7) is 4.28. The van der Waals surface area contributed by atoms with Gasteiger partial charge in [-0.2, -0.15) is 0 Å². The first-order chi connectivity index (χ1) is 10.1. The fourth-order valence-corrected chi connectivity index (χ4v) is 2.52. The second-order valence-electron chi connectivity index (χ2n) is 5.22. The van der Waals surface area contributed by atoms with Crippen LogP contribution in [0.25, 0.3) is 22.4 Å². The van der Waals surface area contributed by atoms with Gasteiger partial charge in [0.2, 0.25) is 0 Å². The third-order valence-electron chi connectivity index (χ3n) is 3.45. The molecule has 108 valence electrons. The second-order valence-corrected chi connectivity index (χ2v) is 5.22. The highest BCUT2D eigenvalue weighted by molar-refractivity contribution is 5.82. The number of benzene rings is 1. The van der Waals surface area contributed by atoms with Crippen molar-refractivity contribution in [1.82, 2.24) is 14.5 Å². The summed E-state index contributed by atoms with van der Waals surface area (Å²) in [6, 6.07) is 9.99. The molecule has 1 aromatic carbocycles. The van der Waals surface area contributed by atoms with E-state index in [4.69, 9.17) is 15.5 Å². The topological polar surface area (TPSA) is 66.0 Å². The van der Waals surface area contributed by atoms with Crippen molar-refractivity contribution in [2.45, 2.75) is 19.9 Å². The Morgan fingerprint density at radius 3 is 2.67 bits per heavy atom. The third kappa shape index (κ3) is 2.31. The fraction of sp³-hybridized carbons (Fsp3) is 0.250. The maximum Gasteiger partial charge on any atom is 0.141 e. The van der Waals surface area contributed by atoms with Gasteiger partial charge in [-0.05, 0) is 38.1 Å². The van der Waals surface area contributed by atoms with Crippen LogP contribution in [-0.2, 0) is 0 Å². The normalized spacial score (nSPS) is 11.2. The van der Waals surface area contributed by atoms with Crippen molar-refractivity contribution < 1.29 is 4.74 Å². The van der Waals surface area contributed by atoms with Gasteiger partial charge in [-0.25, -0.2) is 9.97 Å². The van der Waals surface area contributed by atoms with Crippen molar-refractivity contribution in [3.63, 3.8) is 0 Å². The highest BCUT2D eigenvalue weighted by Gasteiger charge is 2.15. The van der Waals surface area contributed by atoms with Crippen LogP contribution in [0.5, 0.6) is 5.75 Å². The zero-order valence-electron chi connectivity index (χ0n) is 12.4. The molecule has 0 saturated heterocycles. The van der Waals surface area contributed by atoms with E-state index in [-0.39, 0.29) is 6.04 Å². The standard InChI is InChI=1S/C16H18N4O/c1-10(2)20-14-5-4-12(21-3)9-13(14)19-16(20)11-6-7-18-15(17)8-11/h4-10H,1-3H3,(H2,17,18). The van der Waals surface area contributed by atoms with Gasteiger partial charge in [0.1, 0.15) is 17.4 Å². The minimum atomic E-state index is 0.285. The van der Waals surface area contributed by atoms with Crippen LogP contribution in [-0.4, -0.2) is 21.6 Å². The van der Waals surface area contributed by atoms with Gasteiger partial charge in [0.05, 0.1) is 18.1 Å². The van der Waals surface area contributed by atoms with Crippen LogP contribution in [0.2, 0.25) is 0 Å². The highest BCUT2D eigenvalue weighted by Crippen LogP contribution is 2.30. The number of imidazole rings is 1. The first-order valence-corrected chi connectivity index (χ1v) is 6.88. The van der Waals surface area contributed by atoms with Crippen LogP contribution < -0.4 is 10.5 Å². The molecule has 0 aliphatic heterocycles. The molecule has 5 heteroatoms. The Balaban J connectivity index is 2.28. The molecule has 2 N–H and O–H groups in total. The number of hydrogen-bond donors (Lipinski definition) is 1. The summed E-state index contributed by atoms with van der Waals surface area (Å²) < 4.78 is 7.48. The van der Waals surface area contributed by atoms with Crippen molar-refractivity contribution in [2.75, 3.05) is 12.8 Å². The lowest BCUT2D eigenvalue weighted by Gasteiger charge is -2.13. The first kappa shape index (κ1) is 13.4. The van der Waals surface area contributed by atoms with E-state index in [9.17, 15) is 0 Å². The lowest BCUT2D eigenvalue weighted by Crippen LogP contribution is -2.03. The average Bonchev–Trinajstić information content (AvgIpc) is 2.85. The van der Waals surface area contributed by atoms with Gasteiger partial charge >= 0.3 is 0 Å². The quantitative estimate of drug-likeness (QED) is 0.800. The fourth-order valence-electron chi connectivity index (χ4n) is 2.52. The molecule has 0 bridgehead atoms. The molecule has 0 fully saturated rings. The Labute approximate surface area is 123 Å². The molecular formula is C16H18N4O. The van der Waals surface area contributed by atoms with E-state index >= 15 is 0 Å². The number of nitrogens with two attached hydrogens (primary N) is 1. The summed E-state index contributed by atoms with van der Waals surface area (Å²) >= 11 is 0. The van der Waals surface area contributed by atoms with Gasteiger partial charge < -0.3 is 15.0 Å². The average molecular weight is 282 g/mol. The van der Waals surface area contributed by atoms with Crippen LogP contribution >= 0.6 is 0 Å². The maximum absolute atomic E-state index is 5.79. The van der Waals surface area contributed by atoms with Gasteiger partial charge in [-0.15, -0.1) is 0 Å². The molecular weight excluding hydrogens is 264 g/mol. The van der Waals surface area contributed by atoms with Gasteiger partial charge in [0, 0.05) is 23.9 Å². The van der Waals surface area contributed by atoms with E-state index in [1.165, 1.54) is 0 Å². The van der Waals surface area contributed by atoms with Crippen molar-refractivity contribution in [2.24, 2.45) is 0 Å². The Bertz CT molecular complexity index is 792. The predicted molar refractivity (Wildman–Crippen MR) is 84.3 cm³/mol. The molecule has 2 heterocycles. The van der Waals surface area contributed by atoms with Crippen molar-refractivity contribution in [1.29, 1.82) is 0 Å². The molecule has 21 heavy (non-hydrogen) atoms. The SMILES string of the molecule is COc1ccc2c(c1)nc(-c1ccnc(N)c1)n2C(C)C. The number of nitrogens with zero attached hydrogens (tertiary/aromatic N) is 3. The lowest BCUT2D eigenvalue weighted by molar-refractivity contribution is 0.415. The number of anilines is 1. The summed E-state index contributed by atoms with van der Waals surface area (Å²) in [5.41, 5.74) is 8.75. The predicted octanol–water partition coefficient (Wildman–Crippen LogP) is 3.27. The Morgan fingerprint density at radius 2 is 2.00 bits per heavy atom. The largest absolute Gasteiger partial charge is 0.497 e. The van der Waals surface area contributed by atoms with Crippen molar-refractivity contribution in [3.05, 3.63) is 36.5 Å². The van der Waals surface area contributed by atoms with Crippen LogP contribution in [0, 0.1) is 0 Å². The van der Waals surface area contributed by atoms with Crippen LogP contribution in [0.1, 0.15) is 19.9 Å². The third-order valence-corrected chi connectivity index (χ3v) is 3.45. The molecule has 0 aliphatic carbocycles. The van der Waals surface area contributed by atoms with E-state index in [1.807, 2.05) is 30.3 Å². The Kier molecular flexibility index (Phi) is 3.25. The lowest BCUT2D eigenvalue weighted by atomic mass is 10.2. The molecule has 0 unspecified atom stereocenters. The number of aromatic nitrogens is 3. The zero-order valence-corrected chi connectivity index (χ0v) is 12.4. The molecule has 0 radical (unpaired) electrons. The molecule has 3 rings (SSSR count). The number of fused-ring (bicyclic) bond motifs is 1. The number of methoxy groups -OCH3 is 1. The van der Waals surface area contributed by atoms with Gasteiger partial charge in [0.15, 0.2) is 0 Å². The summed E-state index contributed by atoms with van der Waals surface area (Å²) in [7, 11) is 1.66. The van der Waals surface area contributed by atoms with E-state index in [0.29, 0.717) is 5.82 Å². The first-order valence-electron chi connectivity index (χ1n) is 6.88. The van der Waals surface area contributed by atoms with Gasteiger partial charge in [0.25, 0.3) is 0 Å².